The van der Waals surface area contributed by atoms with Crippen molar-refractivity contribution in [2.75, 3.05) is 19.8 Å². The van der Waals surface area contributed by atoms with Crippen LogP contribution in [-0.4, -0.2) is 19.8 Å². The van der Waals surface area contributed by atoms with Crippen molar-refractivity contribution in [3.05, 3.63) is 29.8 Å². The van der Waals surface area contributed by atoms with Gasteiger partial charge in [0.1, 0.15) is 5.75 Å². The minimum absolute atomic E-state index is 0.774. The molecule has 0 fully saturated rings. The molecule has 0 radical (unpaired) electrons. The van der Waals surface area contributed by atoms with Crippen molar-refractivity contribution < 1.29 is 9.47 Å². The Kier molecular flexibility index (Phi) is 5.86. The molecule has 0 heterocycles. The third-order valence-corrected chi connectivity index (χ3v) is 2.18. The van der Waals surface area contributed by atoms with Crippen LogP contribution in [0, 0.1) is 6.92 Å². The predicted octanol–water partition coefficient (Wildman–Crippen LogP) is 3.19. The summed E-state index contributed by atoms with van der Waals surface area (Å²) in [6.07, 6.45) is 2.12. The average molecular weight is 208 g/mol. The summed E-state index contributed by atoms with van der Waals surface area (Å²) >= 11 is 0. The molecule has 0 aliphatic rings. The van der Waals surface area contributed by atoms with E-state index in [1.165, 1.54) is 5.56 Å². The normalized spacial score (nSPS) is 10.3. The third kappa shape index (κ3) is 5.43. The number of ether oxygens (including phenoxy) is 2. The van der Waals surface area contributed by atoms with Gasteiger partial charge in [-0.3, -0.25) is 0 Å². The van der Waals surface area contributed by atoms with Crippen molar-refractivity contribution in [2.24, 2.45) is 0 Å². The summed E-state index contributed by atoms with van der Waals surface area (Å²) in [5, 5.41) is 0. The molecule has 0 aliphatic carbocycles. The zero-order valence-corrected chi connectivity index (χ0v) is 9.66. The average Bonchev–Trinajstić information content (AvgIpc) is 2.26. The number of aryl methyl sites for hydroxylation is 1. The quantitative estimate of drug-likeness (QED) is 0.641. The van der Waals surface area contributed by atoms with Gasteiger partial charge in [-0.2, -0.15) is 0 Å². The highest BCUT2D eigenvalue weighted by molar-refractivity contribution is 5.26. The van der Waals surface area contributed by atoms with Gasteiger partial charge in [-0.1, -0.05) is 17.7 Å². The largest absolute Gasteiger partial charge is 0.494 e. The lowest BCUT2D eigenvalue weighted by atomic mass is 10.2. The van der Waals surface area contributed by atoms with Crippen LogP contribution < -0.4 is 4.74 Å². The maximum atomic E-state index is 5.59. The van der Waals surface area contributed by atoms with Crippen molar-refractivity contribution in [1.82, 2.24) is 0 Å². The van der Waals surface area contributed by atoms with Gasteiger partial charge in [-0.15, -0.1) is 0 Å². The van der Waals surface area contributed by atoms with E-state index < -0.39 is 0 Å². The summed E-state index contributed by atoms with van der Waals surface area (Å²) < 4.78 is 10.8. The molecule has 1 aromatic carbocycles. The minimum atomic E-state index is 0.774. The number of rotatable bonds is 7. The summed E-state index contributed by atoms with van der Waals surface area (Å²) in [5.41, 5.74) is 1.26. The van der Waals surface area contributed by atoms with E-state index in [-0.39, 0.29) is 0 Å². The van der Waals surface area contributed by atoms with E-state index in [1.54, 1.807) is 0 Å². The fraction of sp³-hybridized carbons (Fsp3) is 0.538. The Hall–Kier alpha value is -1.02. The van der Waals surface area contributed by atoms with Crippen LogP contribution >= 0.6 is 0 Å². The number of unbranched alkanes of at least 4 members (excludes halogenated alkanes) is 1. The van der Waals surface area contributed by atoms with Gasteiger partial charge in [-0.05, 0) is 38.8 Å². The Morgan fingerprint density at radius 1 is 1.00 bits per heavy atom. The van der Waals surface area contributed by atoms with Gasteiger partial charge in [0.25, 0.3) is 0 Å². The first-order valence-corrected chi connectivity index (χ1v) is 5.60. The van der Waals surface area contributed by atoms with Gasteiger partial charge < -0.3 is 9.47 Å². The first-order chi connectivity index (χ1) is 7.33. The molecule has 0 aromatic heterocycles. The van der Waals surface area contributed by atoms with E-state index in [0.717, 1.165) is 38.4 Å². The molecule has 0 amide bonds. The highest BCUT2D eigenvalue weighted by atomic mass is 16.5. The molecule has 15 heavy (non-hydrogen) atoms. The van der Waals surface area contributed by atoms with Gasteiger partial charge in [0.05, 0.1) is 6.61 Å². The Labute approximate surface area is 92.2 Å². The molecule has 0 N–H and O–H groups in total. The molecular weight excluding hydrogens is 188 g/mol. The second kappa shape index (κ2) is 7.30. The highest BCUT2D eigenvalue weighted by Crippen LogP contribution is 2.11. The van der Waals surface area contributed by atoms with Crippen molar-refractivity contribution >= 4 is 0 Å². The van der Waals surface area contributed by atoms with Gasteiger partial charge in [0.2, 0.25) is 0 Å². The van der Waals surface area contributed by atoms with Crippen LogP contribution in [0.25, 0.3) is 0 Å². The fourth-order valence-corrected chi connectivity index (χ4v) is 1.28. The van der Waals surface area contributed by atoms with E-state index in [2.05, 4.69) is 19.1 Å². The molecule has 0 saturated heterocycles. The molecule has 0 unspecified atom stereocenters. The third-order valence-electron chi connectivity index (χ3n) is 2.18. The highest BCUT2D eigenvalue weighted by Gasteiger charge is 1.93. The molecular formula is C13H20O2. The second-order valence-electron chi connectivity index (χ2n) is 3.57. The molecule has 0 bridgehead atoms. The van der Waals surface area contributed by atoms with Crippen LogP contribution in [0.3, 0.4) is 0 Å². The smallest absolute Gasteiger partial charge is 0.119 e. The lowest BCUT2D eigenvalue weighted by Gasteiger charge is -2.06. The predicted molar refractivity (Wildman–Crippen MR) is 62.4 cm³/mol. The van der Waals surface area contributed by atoms with Crippen LogP contribution in [0.2, 0.25) is 0 Å². The van der Waals surface area contributed by atoms with Gasteiger partial charge >= 0.3 is 0 Å². The van der Waals surface area contributed by atoms with E-state index >= 15 is 0 Å². The van der Waals surface area contributed by atoms with Crippen LogP contribution in [-0.2, 0) is 4.74 Å². The van der Waals surface area contributed by atoms with Gasteiger partial charge in [-0.25, -0.2) is 0 Å². The van der Waals surface area contributed by atoms with E-state index in [9.17, 15) is 0 Å². The summed E-state index contributed by atoms with van der Waals surface area (Å²) in [7, 11) is 0. The first kappa shape index (κ1) is 12.1. The van der Waals surface area contributed by atoms with Crippen LogP contribution in [0.4, 0.5) is 0 Å². The molecule has 1 aromatic rings. The number of hydrogen-bond donors (Lipinski definition) is 0. The standard InChI is InChI=1S/C13H20O2/c1-3-14-10-4-5-11-15-13-8-6-12(2)7-9-13/h6-9H,3-5,10-11H2,1-2H3. The zero-order chi connectivity index (χ0) is 10.9. The molecule has 84 valence electrons. The molecule has 0 aliphatic heterocycles. The van der Waals surface area contributed by atoms with Crippen LogP contribution in [0.1, 0.15) is 25.3 Å². The topological polar surface area (TPSA) is 18.5 Å². The van der Waals surface area contributed by atoms with Crippen molar-refractivity contribution in [3.8, 4) is 5.75 Å². The van der Waals surface area contributed by atoms with Crippen molar-refractivity contribution in [2.45, 2.75) is 26.7 Å². The maximum absolute atomic E-state index is 5.59. The number of hydrogen-bond acceptors (Lipinski definition) is 2. The molecule has 1 rings (SSSR count). The van der Waals surface area contributed by atoms with Gasteiger partial charge in [0, 0.05) is 13.2 Å². The fourth-order valence-electron chi connectivity index (χ4n) is 1.28. The number of benzene rings is 1. The van der Waals surface area contributed by atoms with E-state index in [1.807, 2.05) is 19.1 Å². The SMILES string of the molecule is CCOCCCCOc1ccc(C)cc1. The van der Waals surface area contributed by atoms with Crippen LogP contribution in [0.15, 0.2) is 24.3 Å². The minimum Gasteiger partial charge on any atom is -0.494 e. The molecule has 0 spiro atoms. The maximum Gasteiger partial charge on any atom is 0.119 e. The molecule has 2 nitrogen and oxygen atoms in total. The first-order valence-electron chi connectivity index (χ1n) is 5.60. The lowest BCUT2D eigenvalue weighted by molar-refractivity contribution is 0.138. The Morgan fingerprint density at radius 3 is 2.33 bits per heavy atom. The summed E-state index contributed by atoms with van der Waals surface area (Å²) in [4.78, 5) is 0. The van der Waals surface area contributed by atoms with Crippen molar-refractivity contribution in [3.63, 3.8) is 0 Å². The zero-order valence-electron chi connectivity index (χ0n) is 9.66. The van der Waals surface area contributed by atoms with Gasteiger partial charge in [0.15, 0.2) is 0 Å². The molecule has 0 atom stereocenters. The van der Waals surface area contributed by atoms with E-state index in [0.29, 0.717) is 0 Å². The van der Waals surface area contributed by atoms with Crippen LogP contribution in [0.5, 0.6) is 5.75 Å². The molecule has 0 saturated carbocycles. The van der Waals surface area contributed by atoms with Crippen molar-refractivity contribution in [1.29, 1.82) is 0 Å². The van der Waals surface area contributed by atoms with E-state index in [4.69, 9.17) is 9.47 Å². The Bertz CT molecular complexity index is 254. The lowest BCUT2D eigenvalue weighted by Crippen LogP contribution is -2.00. The monoisotopic (exact) mass is 208 g/mol. The Morgan fingerprint density at radius 2 is 1.67 bits per heavy atom. The second-order valence-corrected chi connectivity index (χ2v) is 3.57. The summed E-state index contributed by atoms with van der Waals surface area (Å²) in [5.74, 6) is 0.956. The Balaban J connectivity index is 2.07. The summed E-state index contributed by atoms with van der Waals surface area (Å²) in [6.45, 7) is 6.51. The summed E-state index contributed by atoms with van der Waals surface area (Å²) in [6, 6.07) is 8.15. The molecule has 2 heteroatoms.